The Morgan fingerprint density at radius 1 is 1.32 bits per heavy atom. The van der Waals surface area contributed by atoms with E-state index in [9.17, 15) is 0 Å². The van der Waals surface area contributed by atoms with Gasteiger partial charge in [-0.3, -0.25) is 4.57 Å². The molecule has 0 radical (unpaired) electrons. The molecule has 96 valence electrons. The summed E-state index contributed by atoms with van der Waals surface area (Å²) in [6.07, 6.45) is 7.21. The van der Waals surface area contributed by atoms with E-state index in [2.05, 4.69) is 33.7 Å². The Kier molecular flexibility index (Phi) is 3.29. The van der Waals surface area contributed by atoms with Crippen molar-refractivity contribution in [3.63, 3.8) is 0 Å². The van der Waals surface area contributed by atoms with Crippen molar-refractivity contribution in [1.29, 1.82) is 0 Å². The molecule has 1 N–H and O–H groups in total. The molecule has 19 heavy (non-hydrogen) atoms. The molecule has 3 heterocycles. The standard InChI is InChI=1S/C14H14N4S/c1-11-4-7-19-13(11)9-16-12-2-3-14(17-8-12)18-6-5-15-10-18/h2-8,10,16H,9H2,1H3. The van der Waals surface area contributed by atoms with Crippen LogP contribution in [0.3, 0.4) is 0 Å². The van der Waals surface area contributed by atoms with E-state index >= 15 is 0 Å². The molecule has 0 aliphatic rings. The maximum Gasteiger partial charge on any atom is 0.137 e. The predicted octanol–water partition coefficient (Wildman–Crippen LogP) is 3.25. The fraction of sp³-hybridized carbons (Fsp3) is 0.143. The number of hydrogen-bond acceptors (Lipinski definition) is 4. The molecule has 0 bridgehead atoms. The number of thiophene rings is 1. The summed E-state index contributed by atoms with van der Waals surface area (Å²) >= 11 is 1.77. The van der Waals surface area contributed by atoms with Gasteiger partial charge in [-0.05, 0) is 36.1 Å². The molecule has 0 saturated carbocycles. The minimum Gasteiger partial charge on any atom is -0.379 e. The number of nitrogens with one attached hydrogen (secondary N) is 1. The van der Waals surface area contributed by atoms with Crippen LogP contribution in [0.15, 0.2) is 48.5 Å². The zero-order valence-electron chi connectivity index (χ0n) is 10.6. The first-order valence-corrected chi connectivity index (χ1v) is 6.92. The van der Waals surface area contributed by atoms with E-state index in [-0.39, 0.29) is 0 Å². The van der Waals surface area contributed by atoms with Gasteiger partial charge in [-0.2, -0.15) is 0 Å². The molecule has 0 aliphatic heterocycles. The second kappa shape index (κ2) is 5.24. The molecule has 0 unspecified atom stereocenters. The molecule has 0 amide bonds. The quantitative estimate of drug-likeness (QED) is 0.791. The van der Waals surface area contributed by atoms with Crippen LogP contribution in [0, 0.1) is 6.92 Å². The Bertz CT molecular complexity index is 640. The summed E-state index contributed by atoms with van der Waals surface area (Å²) in [5.74, 6) is 0.871. The lowest BCUT2D eigenvalue weighted by atomic mass is 10.3. The largest absolute Gasteiger partial charge is 0.379 e. The summed E-state index contributed by atoms with van der Waals surface area (Å²) in [5.41, 5.74) is 2.36. The minimum absolute atomic E-state index is 0.843. The number of anilines is 1. The fourth-order valence-electron chi connectivity index (χ4n) is 1.81. The molecule has 3 rings (SSSR count). The number of hydrogen-bond donors (Lipinski definition) is 1. The van der Waals surface area contributed by atoms with Crippen molar-refractivity contribution in [3.05, 3.63) is 58.9 Å². The van der Waals surface area contributed by atoms with Gasteiger partial charge in [-0.25, -0.2) is 9.97 Å². The summed E-state index contributed by atoms with van der Waals surface area (Å²) in [6, 6.07) is 6.15. The predicted molar refractivity (Wildman–Crippen MR) is 77.7 cm³/mol. The van der Waals surface area contributed by atoms with Gasteiger partial charge in [0.15, 0.2) is 0 Å². The van der Waals surface area contributed by atoms with Gasteiger partial charge < -0.3 is 5.32 Å². The van der Waals surface area contributed by atoms with E-state index in [0.29, 0.717) is 0 Å². The minimum atomic E-state index is 0.843. The Labute approximate surface area is 115 Å². The van der Waals surface area contributed by atoms with Crippen molar-refractivity contribution in [3.8, 4) is 5.82 Å². The number of pyridine rings is 1. The first-order chi connectivity index (χ1) is 9.33. The van der Waals surface area contributed by atoms with E-state index in [1.54, 1.807) is 23.9 Å². The number of aryl methyl sites for hydroxylation is 1. The molecule has 3 aromatic heterocycles. The molecule has 0 aliphatic carbocycles. The highest BCUT2D eigenvalue weighted by molar-refractivity contribution is 7.10. The van der Waals surface area contributed by atoms with Crippen LogP contribution >= 0.6 is 11.3 Å². The van der Waals surface area contributed by atoms with Crippen LogP contribution in [0.2, 0.25) is 0 Å². The third-order valence-electron chi connectivity index (χ3n) is 2.94. The van der Waals surface area contributed by atoms with Crippen LogP contribution in [-0.4, -0.2) is 14.5 Å². The number of imidazole rings is 1. The van der Waals surface area contributed by atoms with Gasteiger partial charge in [0.1, 0.15) is 12.1 Å². The Hall–Kier alpha value is -2.14. The molecule has 4 nitrogen and oxygen atoms in total. The summed E-state index contributed by atoms with van der Waals surface area (Å²) in [7, 11) is 0. The van der Waals surface area contributed by atoms with Crippen LogP contribution in [0.4, 0.5) is 5.69 Å². The number of nitrogens with zero attached hydrogens (tertiary/aromatic N) is 3. The highest BCUT2D eigenvalue weighted by Gasteiger charge is 2.01. The molecule has 0 saturated heterocycles. The SMILES string of the molecule is Cc1ccsc1CNc1ccc(-n2ccnc2)nc1. The highest BCUT2D eigenvalue weighted by Crippen LogP contribution is 2.17. The maximum absolute atomic E-state index is 4.41. The Morgan fingerprint density at radius 3 is 2.89 bits per heavy atom. The third kappa shape index (κ3) is 2.66. The van der Waals surface area contributed by atoms with Crippen LogP contribution in [0.1, 0.15) is 10.4 Å². The summed E-state index contributed by atoms with van der Waals surface area (Å²) < 4.78 is 1.88. The molecule has 5 heteroatoms. The van der Waals surface area contributed by atoms with Gasteiger partial charge in [0.25, 0.3) is 0 Å². The fourth-order valence-corrected chi connectivity index (χ4v) is 2.65. The van der Waals surface area contributed by atoms with Crippen molar-refractivity contribution in [2.24, 2.45) is 0 Å². The van der Waals surface area contributed by atoms with E-state index in [1.165, 1.54) is 10.4 Å². The number of rotatable bonds is 4. The highest BCUT2D eigenvalue weighted by atomic mass is 32.1. The summed E-state index contributed by atoms with van der Waals surface area (Å²) in [6.45, 7) is 2.98. The average molecular weight is 270 g/mol. The maximum atomic E-state index is 4.41. The molecule has 0 spiro atoms. The van der Waals surface area contributed by atoms with Crippen molar-refractivity contribution >= 4 is 17.0 Å². The van der Waals surface area contributed by atoms with Gasteiger partial charge in [0.2, 0.25) is 0 Å². The van der Waals surface area contributed by atoms with Crippen LogP contribution < -0.4 is 5.32 Å². The van der Waals surface area contributed by atoms with Crippen molar-refractivity contribution in [1.82, 2.24) is 14.5 Å². The smallest absolute Gasteiger partial charge is 0.137 e. The van der Waals surface area contributed by atoms with Gasteiger partial charge in [-0.1, -0.05) is 0 Å². The molecule has 0 atom stereocenters. The van der Waals surface area contributed by atoms with Gasteiger partial charge in [0.05, 0.1) is 11.9 Å². The van der Waals surface area contributed by atoms with E-state index in [4.69, 9.17) is 0 Å². The summed E-state index contributed by atoms with van der Waals surface area (Å²) in [4.78, 5) is 9.78. The van der Waals surface area contributed by atoms with Crippen molar-refractivity contribution in [2.45, 2.75) is 13.5 Å². The first kappa shape index (κ1) is 11.9. The van der Waals surface area contributed by atoms with E-state index < -0.39 is 0 Å². The van der Waals surface area contributed by atoms with Crippen LogP contribution in [-0.2, 0) is 6.54 Å². The third-order valence-corrected chi connectivity index (χ3v) is 3.96. The lowest BCUT2D eigenvalue weighted by Gasteiger charge is -2.07. The lowest BCUT2D eigenvalue weighted by molar-refractivity contribution is 0.991. The average Bonchev–Trinajstić information content (AvgIpc) is 3.09. The van der Waals surface area contributed by atoms with Gasteiger partial charge in [-0.15, -0.1) is 11.3 Å². The zero-order valence-corrected chi connectivity index (χ0v) is 11.4. The molecule has 3 aromatic rings. The van der Waals surface area contributed by atoms with Crippen molar-refractivity contribution < 1.29 is 0 Å². The monoisotopic (exact) mass is 270 g/mol. The first-order valence-electron chi connectivity index (χ1n) is 6.04. The van der Waals surface area contributed by atoms with Gasteiger partial charge >= 0.3 is 0 Å². The van der Waals surface area contributed by atoms with Crippen LogP contribution in [0.5, 0.6) is 0 Å². The molecule has 0 aromatic carbocycles. The molecular weight excluding hydrogens is 256 g/mol. The second-order valence-corrected chi connectivity index (χ2v) is 5.26. The zero-order chi connectivity index (χ0) is 13.1. The number of aromatic nitrogens is 3. The Balaban J connectivity index is 1.68. The summed E-state index contributed by atoms with van der Waals surface area (Å²) in [5, 5.41) is 5.50. The van der Waals surface area contributed by atoms with Gasteiger partial charge in [0, 0.05) is 23.8 Å². The Morgan fingerprint density at radius 2 is 2.26 bits per heavy atom. The topological polar surface area (TPSA) is 42.7 Å². The normalized spacial score (nSPS) is 10.6. The molecular formula is C14H14N4S. The van der Waals surface area contributed by atoms with E-state index in [1.807, 2.05) is 29.1 Å². The van der Waals surface area contributed by atoms with Crippen LogP contribution in [0.25, 0.3) is 5.82 Å². The van der Waals surface area contributed by atoms with Crippen molar-refractivity contribution in [2.75, 3.05) is 5.32 Å². The lowest BCUT2D eigenvalue weighted by Crippen LogP contribution is -2.00. The molecule has 0 fully saturated rings. The second-order valence-electron chi connectivity index (χ2n) is 4.26. The van der Waals surface area contributed by atoms with E-state index in [0.717, 1.165) is 18.1 Å².